The molecule has 0 aromatic rings. The van der Waals surface area contributed by atoms with Gasteiger partial charge in [-0.05, 0) is 37.7 Å². The van der Waals surface area contributed by atoms with Gasteiger partial charge in [0.1, 0.15) is 0 Å². The first-order valence-electron chi connectivity index (χ1n) is 5.64. The number of hydrogen-bond acceptors (Lipinski definition) is 1. The van der Waals surface area contributed by atoms with Crippen LogP contribution in [0.15, 0.2) is 23.8 Å². The first kappa shape index (κ1) is 11.5. The molecule has 0 N–H and O–H groups in total. The highest BCUT2D eigenvalue weighted by atomic mass is 16.5. The summed E-state index contributed by atoms with van der Waals surface area (Å²) in [4.78, 5) is 0. The van der Waals surface area contributed by atoms with Gasteiger partial charge in [0.05, 0.1) is 6.10 Å². The number of ether oxygens (including phenoxy) is 1. The summed E-state index contributed by atoms with van der Waals surface area (Å²) in [5, 5.41) is 0. The molecule has 1 saturated carbocycles. The van der Waals surface area contributed by atoms with Crippen LogP contribution in [-0.4, -0.2) is 12.7 Å². The Hall–Kier alpha value is -0.560. The molecule has 0 amide bonds. The zero-order valence-corrected chi connectivity index (χ0v) is 9.68. The quantitative estimate of drug-likeness (QED) is 0.665. The van der Waals surface area contributed by atoms with Crippen LogP contribution in [0.25, 0.3) is 0 Å². The normalized spacial score (nSPS) is 26.1. The van der Waals surface area contributed by atoms with Crippen LogP contribution >= 0.6 is 0 Å². The van der Waals surface area contributed by atoms with Crippen molar-refractivity contribution in [2.45, 2.75) is 46.1 Å². The first-order chi connectivity index (χ1) is 6.63. The zero-order chi connectivity index (χ0) is 10.6. The third kappa shape index (κ3) is 3.30. The molecule has 0 aliphatic heterocycles. The molecule has 1 fully saturated rings. The maximum absolute atomic E-state index is 5.66. The highest BCUT2D eigenvalue weighted by Crippen LogP contribution is 2.30. The molecular formula is C13H22O. The van der Waals surface area contributed by atoms with Crippen molar-refractivity contribution in [2.24, 2.45) is 5.92 Å². The lowest BCUT2D eigenvalue weighted by Gasteiger charge is -2.26. The number of rotatable bonds is 3. The summed E-state index contributed by atoms with van der Waals surface area (Å²) in [7, 11) is 0. The Morgan fingerprint density at radius 3 is 2.86 bits per heavy atom. The molecule has 1 unspecified atom stereocenters. The van der Waals surface area contributed by atoms with E-state index in [0.717, 1.165) is 25.9 Å². The fraction of sp³-hybridized carbons (Fsp3) is 0.692. The standard InChI is InChI=1S/C13H22O/c1-5-14-13-7-6-11(4)12(9-13)8-10(2)3/h8,10,13H,4-7,9H2,1-3H3. The highest BCUT2D eigenvalue weighted by molar-refractivity contribution is 5.31. The molecule has 14 heavy (non-hydrogen) atoms. The van der Waals surface area contributed by atoms with Crippen LogP contribution in [0.1, 0.15) is 40.0 Å². The minimum atomic E-state index is 0.426. The van der Waals surface area contributed by atoms with Crippen LogP contribution in [0, 0.1) is 5.92 Å². The molecule has 0 aromatic heterocycles. The summed E-state index contributed by atoms with van der Waals surface area (Å²) in [6, 6.07) is 0. The largest absolute Gasteiger partial charge is 0.378 e. The Kier molecular flexibility index (Phi) is 4.40. The average molecular weight is 194 g/mol. The third-order valence-corrected chi connectivity index (χ3v) is 2.61. The van der Waals surface area contributed by atoms with Gasteiger partial charge in [0.15, 0.2) is 0 Å². The molecule has 1 aliphatic carbocycles. The van der Waals surface area contributed by atoms with E-state index in [4.69, 9.17) is 4.74 Å². The average Bonchev–Trinajstić information content (AvgIpc) is 2.10. The van der Waals surface area contributed by atoms with Gasteiger partial charge >= 0.3 is 0 Å². The summed E-state index contributed by atoms with van der Waals surface area (Å²) in [6.45, 7) is 11.4. The van der Waals surface area contributed by atoms with Crippen LogP contribution in [0.5, 0.6) is 0 Å². The summed E-state index contributed by atoms with van der Waals surface area (Å²) in [5.74, 6) is 0.613. The lowest BCUT2D eigenvalue weighted by Crippen LogP contribution is -2.19. The van der Waals surface area contributed by atoms with Crippen LogP contribution < -0.4 is 0 Å². The van der Waals surface area contributed by atoms with E-state index in [1.54, 1.807) is 0 Å². The lowest BCUT2D eigenvalue weighted by molar-refractivity contribution is 0.0532. The van der Waals surface area contributed by atoms with Crippen LogP contribution in [0.4, 0.5) is 0 Å². The predicted octanol–water partition coefficient (Wildman–Crippen LogP) is 3.71. The van der Waals surface area contributed by atoms with E-state index in [2.05, 4.69) is 33.4 Å². The van der Waals surface area contributed by atoms with Gasteiger partial charge in [-0.15, -0.1) is 0 Å². The van der Waals surface area contributed by atoms with Crippen molar-refractivity contribution in [1.82, 2.24) is 0 Å². The molecule has 1 atom stereocenters. The van der Waals surface area contributed by atoms with Gasteiger partial charge in [0.25, 0.3) is 0 Å². The smallest absolute Gasteiger partial charge is 0.0618 e. The molecule has 1 heteroatoms. The van der Waals surface area contributed by atoms with E-state index >= 15 is 0 Å². The second-order valence-corrected chi connectivity index (χ2v) is 4.36. The predicted molar refractivity (Wildman–Crippen MR) is 61.3 cm³/mol. The van der Waals surface area contributed by atoms with Crippen molar-refractivity contribution in [3.63, 3.8) is 0 Å². The molecule has 0 bridgehead atoms. The first-order valence-corrected chi connectivity index (χ1v) is 5.64. The fourth-order valence-electron chi connectivity index (χ4n) is 1.95. The Balaban J connectivity index is 2.59. The minimum Gasteiger partial charge on any atom is -0.378 e. The highest BCUT2D eigenvalue weighted by Gasteiger charge is 2.19. The van der Waals surface area contributed by atoms with Gasteiger partial charge in [-0.25, -0.2) is 0 Å². The van der Waals surface area contributed by atoms with Crippen molar-refractivity contribution < 1.29 is 4.74 Å². The van der Waals surface area contributed by atoms with Crippen LogP contribution in [0.3, 0.4) is 0 Å². The second-order valence-electron chi connectivity index (χ2n) is 4.36. The van der Waals surface area contributed by atoms with Crippen LogP contribution in [-0.2, 0) is 4.74 Å². The van der Waals surface area contributed by atoms with Crippen molar-refractivity contribution in [3.8, 4) is 0 Å². The van der Waals surface area contributed by atoms with E-state index in [9.17, 15) is 0 Å². The molecule has 0 aromatic carbocycles. The maximum atomic E-state index is 5.66. The molecule has 1 aliphatic rings. The fourth-order valence-corrected chi connectivity index (χ4v) is 1.95. The van der Waals surface area contributed by atoms with Crippen molar-refractivity contribution >= 4 is 0 Å². The van der Waals surface area contributed by atoms with Gasteiger partial charge in [0, 0.05) is 6.61 Å². The molecule has 0 radical (unpaired) electrons. The summed E-state index contributed by atoms with van der Waals surface area (Å²) < 4.78 is 5.66. The molecular weight excluding hydrogens is 172 g/mol. The Bertz CT molecular complexity index is 225. The van der Waals surface area contributed by atoms with E-state index < -0.39 is 0 Å². The van der Waals surface area contributed by atoms with E-state index in [-0.39, 0.29) is 0 Å². The Morgan fingerprint density at radius 2 is 2.29 bits per heavy atom. The molecule has 80 valence electrons. The molecule has 1 rings (SSSR count). The second kappa shape index (κ2) is 5.35. The van der Waals surface area contributed by atoms with Gasteiger partial charge in [-0.3, -0.25) is 0 Å². The molecule has 0 saturated heterocycles. The molecule has 0 heterocycles. The van der Waals surface area contributed by atoms with Gasteiger partial charge < -0.3 is 4.74 Å². The van der Waals surface area contributed by atoms with Crippen LogP contribution in [0.2, 0.25) is 0 Å². The third-order valence-electron chi connectivity index (χ3n) is 2.61. The van der Waals surface area contributed by atoms with E-state index in [1.807, 2.05) is 0 Å². The van der Waals surface area contributed by atoms with Gasteiger partial charge in [-0.2, -0.15) is 0 Å². The van der Waals surface area contributed by atoms with Crippen molar-refractivity contribution in [1.29, 1.82) is 0 Å². The minimum absolute atomic E-state index is 0.426. The Morgan fingerprint density at radius 1 is 1.57 bits per heavy atom. The number of allylic oxidation sites excluding steroid dienone is 2. The summed E-state index contributed by atoms with van der Waals surface area (Å²) in [6.07, 6.45) is 6.06. The van der Waals surface area contributed by atoms with E-state index in [1.165, 1.54) is 11.1 Å². The summed E-state index contributed by atoms with van der Waals surface area (Å²) >= 11 is 0. The maximum Gasteiger partial charge on any atom is 0.0618 e. The zero-order valence-electron chi connectivity index (χ0n) is 9.68. The monoisotopic (exact) mass is 194 g/mol. The number of hydrogen-bond donors (Lipinski definition) is 0. The molecule has 0 spiro atoms. The van der Waals surface area contributed by atoms with Gasteiger partial charge in [0.2, 0.25) is 0 Å². The van der Waals surface area contributed by atoms with Gasteiger partial charge in [-0.1, -0.05) is 32.1 Å². The SMILES string of the molecule is C=C1CCC(OCC)CC1=CC(C)C. The van der Waals surface area contributed by atoms with Crippen molar-refractivity contribution in [2.75, 3.05) is 6.61 Å². The lowest BCUT2D eigenvalue weighted by atomic mass is 9.87. The topological polar surface area (TPSA) is 9.23 Å². The molecule has 1 nitrogen and oxygen atoms in total. The Labute approximate surface area is 87.8 Å². The summed E-state index contributed by atoms with van der Waals surface area (Å²) in [5.41, 5.74) is 2.74. The van der Waals surface area contributed by atoms with E-state index in [0.29, 0.717) is 12.0 Å². The van der Waals surface area contributed by atoms with Crippen molar-refractivity contribution in [3.05, 3.63) is 23.8 Å².